The fourth-order valence-corrected chi connectivity index (χ4v) is 1.97. The van der Waals surface area contributed by atoms with Crippen LogP contribution in [0.4, 0.5) is 10.1 Å². The van der Waals surface area contributed by atoms with Gasteiger partial charge in [-0.2, -0.15) is 10.5 Å². The van der Waals surface area contributed by atoms with Crippen LogP contribution in [0.3, 0.4) is 0 Å². The lowest BCUT2D eigenvalue weighted by molar-refractivity contribution is 0.0595. The molecule has 2 aromatic carbocycles. The lowest BCUT2D eigenvalue weighted by Gasteiger charge is -2.07. The molecule has 0 amide bonds. The molecule has 0 aliphatic carbocycles. The van der Waals surface area contributed by atoms with E-state index in [1.807, 2.05) is 0 Å². The van der Waals surface area contributed by atoms with Gasteiger partial charge in [-0.05, 0) is 35.4 Å². The number of nitrogens with zero attached hydrogens (tertiary/aromatic N) is 2. The van der Waals surface area contributed by atoms with Crippen molar-refractivity contribution in [3.63, 3.8) is 0 Å². The van der Waals surface area contributed by atoms with Crippen LogP contribution in [-0.2, 0) is 4.74 Å². The van der Waals surface area contributed by atoms with Crippen LogP contribution < -0.4 is 5.32 Å². The number of nitrogens with one attached hydrogen (secondary N) is 1. The highest BCUT2D eigenvalue weighted by Crippen LogP contribution is 2.24. The molecule has 118 valence electrons. The molecule has 0 heterocycles. The summed E-state index contributed by atoms with van der Waals surface area (Å²) in [5.41, 5.74) is 1.87. The van der Waals surface area contributed by atoms with Gasteiger partial charge in [0.25, 0.3) is 0 Å². The molecule has 0 spiro atoms. The summed E-state index contributed by atoms with van der Waals surface area (Å²) in [5.74, 6) is -1.38. The Morgan fingerprint density at radius 2 is 1.75 bits per heavy atom. The summed E-state index contributed by atoms with van der Waals surface area (Å²) in [6.45, 7) is 0. The third-order valence-corrected chi connectivity index (χ3v) is 3.22. The number of carbonyl (C=O) groups excluding carboxylic acids is 1. The first-order valence-electron chi connectivity index (χ1n) is 6.84. The van der Waals surface area contributed by atoms with Crippen molar-refractivity contribution in [3.05, 3.63) is 65.6 Å². The van der Waals surface area contributed by atoms with E-state index in [9.17, 15) is 9.18 Å². The largest absolute Gasteiger partial charge is 0.465 e. The van der Waals surface area contributed by atoms with Gasteiger partial charge < -0.3 is 10.1 Å². The Kier molecular flexibility index (Phi) is 5.28. The molecular formula is C18H12FN3O2. The fourth-order valence-electron chi connectivity index (χ4n) is 1.97. The zero-order valence-electron chi connectivity index (χ0n) is 12.7. The minimum Gasteiger partial charge on any atom is -0.465 e. The van der Waals surface area contributed by atoms with Gasteiger partial charge in [0.2, 0.25) is 0 Å². The summed E-state index contributed by atoms with van der Waals surface area (Å²) in [6.07, 6.45) is 1.31. The number of benzene rings is 2. The van der Waals surface area contributed by atoms with E-state index in [4.69, 9.17) is 10.5 Å². The first-order chi connectivity index (χ1) is 11.6. The summed E-state index contributed by atoms with van der Waals surface area (Å²) >= 11 is 0. The molecule has 0 atom stereocenters. The molecule has 0 bridgehead atoms. The Labute approximate surface area is 138 Å². The van der Waals surface area contributed by atoms with E-state index in [0.717, 1.165) is 5.56 Å². The molecule has 0 radical (unpaired) electrons. The number of rotatable bonds is 4. The fraction of sp³-hybridized carbons (Fsp3) is 0.0556. The van der Waals surface area contributed by atoms with Gasteiger partial charge in [0, 0.05) is 11.9 Å². The normalized spacial score (nSPS) is 9.33. The maximum atomic E-state index is 14.0. The number of allylic oxidation sites excluding steroid dienone is 1. The Bertz CT molecular complexity index is 859. The molecule has 2 aromatic rings. The topological polar surface area (TPSA) is 85.9 Å². The van der Waals surface area contributed by atoms with E-state index in [2.05, 4.69) is 10.1 Å². The van der Waals surface area contributed by atoms with Crippen LogP contribution in [0.2, 0.25) is 0 Å². The number of esters is 1. The van der Waals surface area contributed by atoms with Gasteiger partial charge in [-0.3, -0.25) is 0 Å². The number of hydrogen-bond donors (Lipinski definition) is 1. The van der Waals surface area contributed by atoms with Gasteiger partial charge in [0.1, 0.15) is 23.5 Å². The van der Waals surface area contributed by atoms with Crippen LogP contribution in [0.5, 0.6) is 0 Å². The highest BCUT2D eigenvalue weighted by molar-refractivity contribution is 5.90. The number of carbonyl (C=O) groups is 1. The lowest BCUT2D eigenvalue weighted by Crippen LogP contribution is -2.04. The van der Waals surface area contributed by atoms with Crippen molar-refractivity contribution < 1.29 is 13.9 Å². The quantitative estimate of drug-likeness (QED) is 0.686. The van der Waals surface area contributed by atoms with E-state index < -0.39 is 11.8 Å². The van der Waals surface area contributed by atoms with Gasteiger partial charge in [-0.1, -0.05) is 18.2 Å². The van der Waals surface area contributed by atoms with Crippen LogP contribution >= 0.6 is 0 Å². The van der Waals surface area contributed by atoms with Gasteiger partial charge in [-0.25, -0.2) is 9.18 Å². The second kappa shape index (κ2) is 7.57. The Hall–Kier alpha value is -3.64. The lowest BCUT2D eigenvalue weighted by atomic mass is 10.0. The Balaban J connectivity index is 2.21. The molecule has 0 saturated carbocycles. The van der Waals surface area contributed by atoms with Gasteiger partial charge in [0.05, 0.1) is 12.7 Å². The predicted octanol–water partition coefficient (Wildman–Crippen LogP) is 3.62. The molecule has 0 aliphatic rings. The molecule has 0 aliphatic heterocycles. The molecular weight excluding hydrogens is 309 g/mol. The zero-order chi connectivity index (χ0) is 17.5. The maximum absolute atomic E-state index is 14.0. The van der Waals surface area contributed by atoms with E-state index >= 15 is 0 Å². The number of anilines is 1. The summed E-state index contributed by atoms with van der Waals surface area (Å²) in [6, 6.07) is 14.7. The highest BCUT2D eigenvalue weighted by Gasteiger charge is 2.12. The van der Waals surface area contributed by atoms with E-state index in [1.165, 1.54) is 25.4 Å². The minimum atomic E-state index is -0.726. The summed E-state index contributed by atoms with van der Waals surface area (Å²) in [5, 5.41) is 20.1. The highest BCUT2D eigenvalue weighted by atomic mass is 19.1. The first kappa shape index (κ1) is 16.7. The SMILES string of the molecule is COC(=O)c1ccc(-c2ccc(NC=C(C#N)C#N)cc2)cc1F. The molecule has 1 N–H and O–H groups in total. The second-order valence-corrected chi connectivity index (χ2v) is 4.69. The molecule has 0 saturated heterocycles. The third-order valence-electron chi connectivity index (χ3n) is 3.22. The van der Waals surface area contributed by atoms with Crippen LogP contribution in [-0.4, -0.2) is 13.1 Å². The molecule has 6 heteroatoms. The standard InChI is InChI=1S/C18H12FN3O2/c1-24-18(23)16-7-4-14(8-17(16)19)13-2-5-15(6-3-13)22-11-12(9-20)10-21/h2-8,11,22H,1H3. The third kappa shape index (κ3) is 3.76. The molecule has 0 fully saturated rings. The van der Waals surface area contributed by atoms with E-state index in [0.29, 0.717) is 11.3 Å². The van der Waals surface area contributed by atoms with E-state index in [1.54, 1.807) is 42.5 Å². The summed E-state index contributed by atoms with van der Waals surface area (Å²) in [7, 11) is 1.19. The number of nitriles is 2. The molecule has 0 aromatic heterocycles. The number of ether oxygens (including phenoxy) is 1. The predicted molar refractivity (Wildman–Crippen MR) is 86.1 cm³/mol. The number of methoxy groups -OCH3 is 1. The number of hydrogen-bond acceptors (Lipinski definition) is 5. The van der Waals surface area contributed by atoms with Crippen molar-refractivity contribution >= 4 is 11.7 Å². The first-order valence-corrected chi connectivity index (χ1v) is 6.84. The van der Waals surface area contributed by atoms with Crippen molar-refractivity contribution in [2.24, 2.45) is 0 Å². The minimum absolute atomic E-state index is 0.0421. The second-order valence-electron chi connectivity index (χ2n) is 4.69. The van der Waals surface area contributed by atoms with Crippen molar-refractivity contribution in [2.45, 2.75) is 0 Å². The van der Waals surface area contributed by atoms with Gasteiger partial charge in [-0.15, -0.1) is 0 Å². The average Bonchev–Trinajstić information content (AvgIpc) is 2.62. The maximum Gasteiger partial charge on any atom is 0.340 e. The van der Waals surface area contributed by atoms with Crippen LogP contribution in [0, 0.1) is 28.5 Å². The zero-order valence-corrected chi connectivity index (χ0v) is 12.7. The van der Waals surface area contributed by atoms with Crippen molar-refractivity contribution in [1.82, 2.24) is 0 Å². The molecule has 5 nitrogen and oxygen atoms in total. The van der Waals surface area contributed by atoms with E-state index in [-0.39, 0.29) is 11.1 Å². The van der Waals surface area contributed by atoms with Crippen LogP contribution in [0.15, 0.2) is 54.2 Å². The number of halogens is 1. The Morgan fingerprint density at radius 3 is 2.29 bits per heavy atom. The molecule has 24 heavy (non-hydrogen) atoms. The van der Waals surface area contributed by atoms with Crippen molar-refractivity contribution in [1.29, 1.82) is 10.5 Å². The van der Waals surface area contributed by atoms with Crippen molar-refractivity contribution in [2.75, 3.05) is 12.4 Å². The van der Waals surface area contributed by atoms with Gasteiger partial charge >= 0.3 is 5.97 Å². The summed E-state index contributed by atoms with van der Waals surface area (Å²) < 4.78 is 18.5. The Morgan fingerprint density at radius 1 is 1.12 bits per heavy atom. The van der Waals surface area contributed by atoms with Crippen LogP contribution in [0.1, 0.15) is 10.4 Å². The van der Waals surface area contributed by atoms with Crippen LogP contribution in [0.25, 0.3) is 11.1 Å². The smallest absolute Gasteiger partial charge is 0.340 e. The summed E-state index contributed by atoms with van der Waals surface area (Å²) in [4.78, 5) is 11.4. The van der Waals surface area contributed by atoms with Gasteiger partial charge in [0.15, 0.2) is 0 Å². The molecule has 2 rings (SSSR count). The monoisotopic (exact) mass is 321 g/mol. The van der Waals surface area contributed by atoms with Crippen molar-refractivity contribution in [3.8, 4) is 23.3 Å². The average molecular weight is 321 g/mol. The molecule has 0 unspecified atom stereocenters.